The Balaban J connectivity index is 1.81. The molecule has 0 bridgehead atoms. The van der Waals surface area contributed by atoms with Crippen LogP contribution in [-0.4, -0.2) is 9.38 Å². The number of nitrogens with one attached hydrogen (secondary N) is 1. The van der Waals surface area contributed by atoms with Crippen LogP contribution in [0.1, 0.15) is 35.1 Å². The molecule has 0 saturated carbocycles. The molecule has 0 unspecified atom stereocenters. The quantitative estimate of drug-likeness (QED) is 0.561. The van der Waals surface area contributed by atoms with Crippen LogP contribution in [0, 0.1) is 11.3 Å². The fourth-order valence-electron chi connectivity index (χ4n) is 4.24. The van der Waals surface area contributed by atoms with Crippen molar-refractivity contribution >= 4 is 28.2 Å². The van der Waals surface area contributed by atoms with Crippen LogP contribution in [0.15, 0.2) is 48.5 Å². The minimum atomic E-state index is 0.531. The second-order valence-corrected chi connectivity index (χ2v) is 7.29. The number of rotatable bonds is 3. The highest BCUT2D eigenvalue weighted by atomic mass is 15.1. The summed E-state index contributed by atoms with van der Waals surface area (Å²) in [6.45, 7) is 0.531. The van der Waals surface area contributed by atoms with E-state index in [1.165, 1.54) is 5.56 Å². The first kappa shape index (κ1) is 16.8. The number of imidazole rings is 1. The third-order valence-corrected chi connectivity index (χ3v) is 5.63. The van der Waals surface area contributed by atoms with Gasteiger partial charge in [0.2, 0.25) is 0 Å². The molecule has 0 aliphatic heterocycles. The van der Waals surface area contributed by atoms with E-state index in [1.54, 1.807) is 0 Å². The summed E-state index contributed by atoms with van der Waals surface area (Å²) >= 11 is 0. The summed E-state index contributed by atoms with van der Waals surface area (Å²) in [5.41, 5.74) is 13.6. The summed E-state index contributed by atoms with van der Waals surface area (Å²) in [5, 5.41) is 13.5. The van der Waals surface area contributed by atoms with E-state index in [1.807, 2.05) is 30.3 Å². The van der Waals surface area contributed by atoms with Crippen LogP contribution in [0.3, 0.4) is 0 Å². The standard InChI is InChI=1S/C23H21N5/c24-13-15-9-11-16(12-10-15)26-22-18-6-2-1-5-17(18)19(14-25)23-27-20-7-3-4-8-21(20)28(22)23/h3-4,7-12,26H,1-2,5-6,13,24H2. The Hall–Kier alpha value is -3.36. The first-order chi connectivity index (χ1) is 13.8. The molecule has 2 heterocycles. The highest BCUT2D eigenvalue weighted by Crippen LogP contribution is 2.36. The number of nitriles is 1. The molecule has 0 fully saturated rings. The summed E-state index contributed by atoms with van der Waals surface area (Å²) in [6, 6.07) is 18.7. The van der Waals surface area contributed by atoms with Crippen LogP contribution < -0.4 is 11.1 Å². The molecule has 1 aliphatic carbocycles. The van der Waals surface area contributed by atoms with Gasteiger partial charge in [-0.2, -0.15) is 5.26 Å². The summed E-state index contributed by atoms with van der Waals surface area (Å²) in [6.07, 6.45) is 4.15. The zero-order valence-electron chi connectivity index (χ0n) is 15.6. The van der Waals surface area contributed by atoms with Crippen LogP contribution in [0.2, 0.25) is 0 Å². The van der Waals surface area contributed by atoms with E-state index in [2.05, 4.69) is 34.0 Å². The van der Waals surface area contributed by atoms with E-state index in [0.29, 0.717) is 6.54 Å². The van der Waals surface area contributed by atoms with Crippen molar-refractivity contribution in [1.29, 1.82) is 5.26 Å². The van der Waals surface area contributed by atoms with Crippen LogP contribution >= 0.6 is 0 Å². The Morgan fingerprint density at radius 2 is 1.79 bits per heavy atom. The maximum atomic E-state index is 9.92. The van der Waals surface area contributed by atoms with Crippen molar-refractivity contribution < 1.29 is 0 Å². The van der Waals surface area contributed by atoms with E-state index < -0.39 is 0 Å². The first-order valence-corrected chi connectivity index (χ1v) is 9.71. The molecular formula is C23H21N5. The fraction of sp³-hybridized carbons (Fsp3) is 0.217. The van der Waals surface area contributed by atoms with Gasteiger partial charge in [-0.1, -0.05) is 24.3 Å². The van der Waals surface area contributed by atoms with Crippen LogP contribution in [0.4, 0.5) is 11.5 Å². The number of fused-ring (bicyclic) bond motifs is 4. The Bertz CT molecular complexity index is 1230. The molecule has 0 saturated heterocycles. The molecule has 0 spiro atoms. The Morgan fingerprint density at radius 3 is 2.54 bits per heavy atom. The van der Waals surface area contributed by atoms with Gasteiger partial charge in [0, 0.05) is 12.2 Å². The second kappa shape index (κ2) is 6.66. The number of benzene rings is 2. The molecule has 4 aromatic rings. The summed E-state index contributed by atoms with van der Waals surface area (Å²) in [4.78, 5) is 4.81. The predicted molar refractivity (Wildman–Crippen MR) is 112 cm³/mol. The van der Waals surface area contributed by atoms with Gasteiger partial charge in [-0.15, -0.1) is 0 Å². The van der Waals surface area contributed by atoms with Gasteiger partial charge in [-0.25, -0.2) is 4.98 Å². The number of nitrogens with two attached hydrogens (primary N) is 1. The molecule has 5 heteroatoms. The average Bonchev–Trinajstić information content (AvgIpc) is 3.13. The molecule has 5 nitrogen and oxygen atoms in total. The first-order valence-electron chi connectivity index (χ1n) is 9.71. The third-order valence-electron chi connectivity index (χ3n) is 5.63. The smallest absolute Gasteiger partial charge is 0.157 e. The topological polar surface area (TPSA) is 79.1 Å². The normalized spacial score (nSPS) is 13.4. The lowest BCUT2D eigenvalue weighted by Crippen LogP contribution is -2.13. The number of para-hydroxylation sites is 2. The molecule has 138 valence electrons. The summed E-state index contributed by atoms with van der Waals surface area (Å²) < 4.78 is 2.12. The Labute approximate surface area is 163 Å². The maximum Gasteiger partial charge on any atom is 0.157 e. The van der Waals surface area contributed by atoms with Gasteiger partial charge in [0.15, 0.2) is 5.65 Å². The maximum absolute atomic E-state index is 9.92. The van der Waals surface area contributed by atoms with Gasteiger partial charge in [-0.05, 0) is 66.6 Å². The van der Waals surface area contributed by atoms with E-state index in [0.717, 1.165) is 70.6 Å². The molecular weight excluding hydrogens is 346 g/mol. The molecule has 28 heavy (non-hydrogen) atoms. The third kappa shape index (κ3) is 2.54. The van der Waals surface area contributed by atoms with Crippen LogP contribution in [0.25, 0.3) is 16.7 Å². The molecule has 1 aliphatic rings. The lowest BCUT2D eigenvalue weighted by molar-refractivity contribution is 0.682. The fourth-order valence-corrected chi connectivity index (χ4v) is 4.24. The predicted octanol–water partition coefficient (Wildman–Crippen LogP) is 4.44. The Kier molecular flexibility index (Phi) is 4.00. The van der Waals surface area contributed by atoms with Crippen molar-refractivity contribution in [2.75, 3.05) is 5.32 Å². The van der Waals surface area contributed by atoms with Crippen molar-refractivity contribution in [3.63, 3.8) is 0 Å². The minimum absolute atomic E-state index is 0.531. The monoisotopic (exact) mass is 367 g/mol. The van der Waals surface area contributed by atoms with Crippen LogP contribution in [0.5, 0.6) is 0 Å². The lowest BCUT2D eigenvalue weighted by Gasteiger charge is -2.23. The Morgan fingerprint density at radius 1 is 1.04 bits per heavy atom. The zero-order valence-corrected chi connectivity index (χ0v) is 15.6. The average molecular weight is 367 g/mol. The number of pyridine rings is 1. The molecule has 0 amide bonds. The van der Waals surface area contributed by atoms with Gasteiger partial charge >= 0.3 is 0 Å². The molecule has 2 aromatic carbocycles. The van der Waals surface area contributed by atoms with Gasteiger partial charge in [0.1, 0.15) is 11.9 Å². The number of hydrogen-bond donors (Lipinski definition) is 2. The number of nitrogens with zero attached hydrogens (tertiary/aromatic N) is 3. The molecule has 0 atom stereocenters. The lowest BCUT2D eigenvalue weighted by atomic mass is 9.89. The van der Waals surface area contributed by atoms with Gasteiger partial charge in [-0.3, -0.25) is 4.40 Å². The largest absolute Gasteiger partial charge is 0.341 e. The molecule has 2 aromatic heterocycles. The highest BCUT2D eigenvalue weighted by Gasteiger charge is 2.24. The second-order valence-electron chi connectivity index (χ2n) is 7.29. The summed E-state index contributed by atoms with van der Waals surface area (Å²) in [7, 11) is 0. The van der Waals surface area contributed by atoms with Crippen LogP contribution in [-0.2, 0) is 19.4 Å². The SMILES string of the molecule is N#Cc1c2c(c(Nc3ccc(CN)cc3)n3c1nc1ccccc13)CCCC2. The molecule has 0 radical (unpaired) electrons. The van der Waals surface area contributed by atoms with Crippen molar-refractivity contribution in [2.45, 2.75) is 32.2 Å². The van der Waals surface area contributed by atoms with E-state index in [-0.39, 0.29) is 0 Å². The molecule has 3 N–H and O–H groups in total. The van der Waals surface area contributed by atoms with Crippen molar-refractivity contribution in [3.8, 4) is 6.07 Å². The van der Waals surface area contributed by atoms with Gasteiger partial charge < -0.3 is 11.1 Å². The van der Waals surface area contributed by atoms with Gasteiger partial charge in [0.05, 0.1) is 16.6 Å². The number of hydrogen-bond acceptors (Lipinski definition) is 4. The minimum Gasteiger partial charge on any atom is -0.341 e. The van der Waals surface area contributed by atoms with Crippen molar-refractivity contribution in [3.05, 3.63) is 70.8 Å². The molecule has 5 rings (SSSR count). The highest BCUT2D eigenvalue weighted by molar-refractivity contribution is 5.87. The van der Waals surface area contributed by atoms with E-state index in [4.69, 9.17) is 10.7 Å². The van der Waals surface area contributed by atoms with E-state index >= 15 is 0 Å². The van der Waals surface area contributed by atoms with Crippen molar-refractivity contribution in [1.82, 2.24) is 9.38 Å². The number of aromatic nitrogens is 2. The van der Waals surface area contributed by atoms with Crippen molar-refractivity contribution in [2.24, 2.45) is 5.73 Å². The van der Waals surface area contributed by atoms with E-state index in [9.17, 15) is 5.26 Å². The zero-order chi connectivity index (χ0) is 19.1. The van der Waals surface area contributed by atoms with Gasteiger partial charge in [0.25, 0.3) is 0 Å². The summed E-state index contributed by atoms with van der Waals surface area (Å²) in [5.74, 6) is 1.03. The number of anilines is 2.